The van der Waals surface area contributed by atoms with Crippen LogP contribution in [-0.2, 0) is 9.84 Å². The lowest BCUT2D eigenvalue weighted by Gasteiger charge is -2.03. The summed E-state index contributed by atoms with van der Waals surface area (Å²) in [6.45, 7) is 1.76. The van der Waals surface area contributed by atoms with E-state index in [1.807, 2.05) is 0 Å². The first kappa shape index (κ1) is 17.6. The van der Waals surface area contributed by atoms with Gasteiger partial charge in [-0.2, -0.15) is 4.98 Å². The van der Waals surface area contributed by atoms with Gasteiger partial charge in [0.15, 0.2) is 0 Å². The Morgan fingerprint density at radius 1 is 1.16 bits per heavy atom. The molecule has 8 heteroatoms. The Hall–Kier alpha value is -2.19. The Morgan fingerprint density at radius 2 is 1.84 bits per heavy atom. The SMILES string of the molecule is CNc1oc(-c2cc(F)ccc2C)nc1S(=O)(=O)c1ccc(Br)cc1. The zero-order valence-electron chi connectivity index (χ0n) is 13.4. The minimum absolute atomic E-state index is 0.00146. The number of aromatic nitrogens is 1. The van der Waals surface area contributed by atoms with Gasteiger partial charge in [0, 0.05) is 17.1 Å². The highest BCUT2D eigenvalue weighted by molar-refractivity contribution is 9.10. The van der Waals surface area contributed by atoms with Crippen molar-refractivity contribution in [2.75, 3.05) is 12.4 Å². The molecule has 0 amide bonds. The van der Waals surface area contributed by atoms with Crippen molar-refractivity contribution < 1.29 is 17.2 Å². The van der Waals surface area contributed by atoms with E-state index >= 15 is 0 Å². The minimum Gasteiger partial charge on any atom is -0.419 e. The summed E-state index contributed by atoms with van der Waals surface area (Å²) in [6.07, 6.45) is 0. The minimum atomic E-state index is -3.89. The third-order valence-corrected chi connectivity index (χ3v) is 5.84. The van der Waals surface area contributed by atoms with Crippen LogP contribution in [0, 0.1) is 12.7 Å². The molecule has 3 aromatic rings. The molecule has 2 aromatic carbocycles. The van der Waals surface area contributed by atoms with Crippen molar-refractivity contribution in [3.05, 3.63) is 58.3 Å². The van der Waals surface area contributed by atoms with Crippen molar-refractivity contribution in [1.82, 2.24) is 4.98 Å². The van der Waals surface area contributed by atoms with Crippen molar-refractivity contribution >= 4 is 31.7 Å². The van der Waals surface area contributed by atoms with Crippen molar-refractivity contribution in [2.24, 2.45) is 0 Å². The number of sulfone groups is 1. The molecule has 0 radical (unpaired) electrons. The number of aryl methyl sites for hydroxylation is 1. The first-order valence-electron chi connectivity index (χ1n) is 7.28. The molecule has 0 bridgehead atoms. The number of rotatable bonds is 4. The van der Waals surface area contributed by atoms with Gasteiger partial charge < -0.3 is 9.73 Å². The maximum Gasteiger partial charge on any atom is 0.233 e. The molecular weight excluding hydrogens is 411 g/mol. The molecule has 0 spiro atoms. The van der Waals surface area contributed by atoms with Crippen LogP contribution in [0.4, 0.5) is 10.3 Å². The maximum atomic E-state index is 13.6. The number of nitrogens with one attached hydrogen (secondary N) is 1. The van der Waals surface area contributed by atoms with Gasteiger partial charge in [0.25, 0.3) is 0 Å². The molecule has 1 heterocycles. The number of benzene rings is 2. The summed E-state index contributed by atoms with van der Waals surface area (Å²) in [6, 6.07) is 10.4. The monoisotopic (exact) mass is 424 g/mol. The van der Waals surface area contributed by atoms with Crippen molar-refractivity contribution in [3.63, 3.8) is 0 Å². The Bertz CT molecular complexity index is 1030. The topological polar surface area (TPSA) is 72.2 Å². The first-order chi connectivity index (χ1) is 11.8. The second-order valence-corrected chi connectivity index (χ2v) is 8.10. The molecule has 0 aliphatic heterocycles. The van der Waals surface area contributed by atoms with E-state index in [0.717, 1.165) is 10.0 Å². The number of hydrogen-bond donors (Lipinski definition) is 1. The second kappa shape index (κ2) is 6.61. The van der Waals surface area contributed by atoms with E-state index in [1.165, 1.54) is 31.3 Å². The standard InChI is InChI=1S/C17H14BrFN2O3S/c1-10-3-6-12(19)9-14(10)15-21-17(16(20-2)24-15)25(22,23)13-7-4-11(18)5-8-13/h3-9,20H,1-2H3. The van der Waals surface area contributed by atoms with Gasteiger partial charge in [-0.15, -0.1) is 0 Å². The highest BCUT2D eigenvalue weighted by atomic mass is 79.9. The van der Waals surface area contributed by atoms with Crippen molar-refractivity contribution in [3.8, 4) is 11.5 Å². The van der Waals surface area contributed by atoms with Crippen LogP contribution >= 0.6 is 15.9 Å². The number of halogens is 2. The summed E-state index contributed by atoms with van der Waals surface area (Å²) in [5.74, 6) is -0.416. The van der Waals surface area contributed by atoms with Gasteiger partial charge in [0.1, 0.15) is 5.82 Å². The van der Waals surface area contributed by atoms with Crippen LogP contribution in [0.2, 0.25) is 0 Å². The molecule has 0 saturated heterocycles. The summed E-state index contributed by atoms with van der Waals surface area (Å²) in [5.41, 5.74) is 1.12. The van der Waals surface area contributed by atoms with Gasteiger partial charge in [-0.25, -0.2) is 12.8 Å². The molecule has 5 nitrogen and oxygen atoms in total. The average molecular weight is 425 g/mol. The Kier molecular flexibility index (Phi) is 4.66. The normalized spacial score (nSPS) is 11.5. The van der Waals surface area contributed by atoms with E-state index in [0.29, 0.717) is 5.56 Å². The first-order valence-corrected chi connectivity index (χ1v) is 9.56. The summed E-state index contributed by atoms with van der Waals surface area (Å²) >= 11 is 3.27. The fraction of sp³-hybridized carbons (Fsp3) is 0.118. The highest BCUT2D eigenvalue weighted by Gasteiger charge is 2.28. The third kappa shape index (κ3) is 3.32. The Labute approximate surface area is 152 Å². The van der Waals surface area contributed by atoms with E-state index in [-0.39, 0.29) is 21.7 Å². The predicted octanol–water partition coefficient (Wildman–Crippen LogP) is 4.43. The van der Waals surface area contributed by atoms with Crippen LogP contribution in [0.1, 0.15) is 5.56 Å². The summed E-state index contributed by atoms with van der Waals surface area (Å²) in [7, 11) is -2.36. The molecule has 1 N–H and O–H groups in total. The third-order valence-electron chi connectivity index (χ3n) is 3.63. The van der Waals surface area contributed by atoms with Crippen LogP contribution in [0.25, 0.3) is 11.5 Å². The number of anilines is 1. The lowest BCUT2D eigenvalue weighted by molar-refractivity contribution is 0.578. The van der Waals surface area contributed by atoms with Crippen LogP contribution in [0.5, 0.6) is 0 Å². The maximum absolute atomic E-state index is 13.6. The molecular formula is C17H14BrFN2O3S. The summed E-state index contributed by atoms with van der Waals surface area (Å²) in [5, 5.41) is 2.46. The smallest absolute Gasteiger partial charge is 0.233 e. The molecule has 0 unspecified atom stereocenters. The van der Waals surface area contributed by atoms with Crippen molar-refractivity contribution in [2.45, 2.75) is 16.8 Å². The Balaban J connectivity index is 2.16. The predicted molar refractivity (Wildman–Crippen MR) is 95.8 cm³/mol. The van der Waals surface area contributed by atoms with E-state index in [1.54, 1.807) is 25.1 Å². The van der Waals surface area contributed by atoms with Gasteiger partial charge in [-0.1, -0.05) is 22.0 Å². The van der Waals surface area contributed by atoms with E-state index in [9.17, 15) is 12.8 Å². The van der Waals surface area contributed by atoms with E-state index < -0.39 is 15.7 Å². The zero-order chi connectivity index (χ0) is 18.2. The fourth-order valence-electron chi connectivity index (χ4n) is 2.31. The molecule has 0 saturated carbocycles. The number of nitrogens with zero attached hydrogens (tertiary/aromatic N) is 1. The van der Waals surface area contributed by atoms with Crippen LogP contribution in [-0.4, -0.2) is 20.4 Å². The molecule has 0 fully saturated rings. The highest BCUT2D eigenvalue weighted by Crippen LogP contribution is 2.33. The lowest BCUT2D eigenvalue weighted by atomic mass is 10.1. The fourth-order valence-corrected chi connectivity index (χ4v) is 3.88. The van der Waals surface area contributed by atoms with Gasteiger partial charge in [0.2, 0.25) is 26.6 Å². The largest absolute Gasteiger partial charge is 0.419 e. The molecule has 3 rings (SSSR count). The molecule has 130 valence electrons. The molecule has 0 atom stereocenters. The van der Waals surface area contributed by atoms with Crippen molar-refractivity contribution in [1.29, 1.82) is 0 Å². The summed E-state index contributed by atoms with van der Waals surface area (Å²) < 4.78 is 45.6. The molecule has 0 aliphatic carbocycles. The molecule has 1 aromatic heterocycles. The summed E-state index contributed by atoms with van der Waals surface area (Å²) in [4.78, 5) is 4.21. The van der Waals surface area contributed by atoms with Crippen LogP contribution in [0.3, 0.4) is 0 Å². The Morgan fingerprint density at radius 3 is 2.48 bits per heavy atom. The zero-order valence-corrected chi connectivity index (χ0v) is 15.8. The number of hydrogen-bond acceptors (Lipinski definition) is 5. The molecule has 0 aliphatic rings. The van der Waals surface area contributed by atoms with E-state index in [4.69, 9.17) is 4.42 Å². The van der Waals surface area contributed by atoms with Crippen LogP contribution < -0.4 is 5.32 Å². The average Bonchev–Trinajstić information content (AvgIpc) is 3.02. The number of oxazole rings is 1. The van der Waals surface area contributed by atoms with Gasteiger partial charge in [-0.3, -0.25) is 0 Å². The lowest BCUT2D eigenvalue weighted by Crippen LogP contribution is -2.05. The van der Waals surface area contributed by atoms with Gasteiger partial charge in [-0.05, 0) is 48.9 Å². The van der Waals surface area contributed by atoms with Crippen LogP contribution in [0.15, 0.2) is 61.3 Å². The quantitative estimate of drug-likeness (QED) is 0.670. The van der Waals surface area contributed by atoms with Gasteiger partial charge in [0.05, 0.1) is 4.90 Å². The molecule has 25 heavy (non-hydrogen) atoms. The van der Waals surface area contributed by atoms with Gasteiger partial charge >= 0.3 is 0 Å². The van der Waals surface area contributed by atoms with E-state index in [2.05, 4.69) is 26.2 Å². The second-order valence-electron chi connectivity index (χ2n) is 5.32.